The van der Waals surface area contributed by atoms with Gasteiger partial charge in [0.15, 0.2) is 17.6 Å². The number of esters is 3. The number of rotatable bonds is 10. The first-order chi connectivity index (χ1) is 20.5. The van der Waals surface area contributed by atoms with E-state index in [9.17, 15) is 28.1 Å². The van der Waals surface area contributed by atoms with Crippen LogP contribution in [0.15, 0.2) is 73.1 Å². The summed E-state index contributed by atoms with van der Waals surface area (Å²) >= 11 is 8.22. The van der Waals surface area contributed by atoms with E-state index in [1.165, 1.54) is 25.1 Å². The number of fused-ring (bicyclic) bond motifs is 2. The van der Waals surface area contributed by atoms with E-state index < -0.39 is 34.4 Å². The summed E-state index contributed by atoms with van der Waals surface area (Å²) in [6.07, 6.45) is 0. The van der Waals surface area contributed by atoms with Crippen molar-refractivity contribution in [2.24, 2.45) is 0 Å². The Morgan fingerprint density at radius 1 is 0.860 bits per heavy atom. The van der Waals surface area contributed by atoms with E-state index in [0.717, 1.165) is 47.0 Å². The van der Waals surface area contributed by atoms with Crippen molar-refractivity contribution >= 4 is 87.4 Å². The number of ether oxygens (including phenoxy) is 3. The maximum Gasteiger partial charge on any atom is 0.416 e. The maximum absolute atomic E-state index is 13.8. The molecule has 0 atom stereocenters. The summed E-state index contributed by atoms with van der Waals surface area (Å²) in [5, 5.41) is 9.21. The Morgan fingerprint density at radius 3 is 1.93 bits per heavy atom. The number of benzene rings is 2. The molecule has 17 heteroatoms. The van der Waals surface area contributed by atoms with Crippen LogP contribution < -0.4 is 9.47 Å². The normalized spacial score (nSPS) is 16.1. The van der Waals surface area contributed by atoms with E-state index >= 15 is 0 Å². The Bertz CT molecular complexity index is 1700. The van der Waals surface area contributed by atoms with Crippen LogP contribution in [0.2, 0.25) is 0 Å². The minimum absolute atomic E-state index is 0.00903. The van der Waals surface area contributed by atoms with Crippen LogP contribution in [0.4, 0.5) is 0 Å². The predicted octanol–water partition coefficient (Wildman–Crippen LogP) is 5.71. The Morgan fingerprint density at radius 2 is 1.42 bits per heavy atom. The van der Waals surface area contributed by atoms with Crippen LogP contribution in [0.1, 0.15) is 20.8 Å². The average molecular weight is 700 g/mol. The lowest BCUT2D eigenvalue weighted by Gasteiger charge is -2.14. The number of carbonyl (C=O) groups is 3. The molecule has 0 saturated heterocycles. The highest BCUT2D eigenvalue weighted by Gasteiger charge is 2.41. The van der Waals surface area contributed by atoms with Crippen LogP contribution in [0.3, 0.4) is 0 Å². The highest BCUT2D eigenvalue weighted by Crippen LogP contribution is 2.68. The van der Waals surface area contributed by atoms with E-state index in [-0.39, 0.29) is 58.3 Å². The van der Waals surface area contributed by atoms with E-state index in [0.29, 0.717) is 9.13 Å². The van der Waals surface area contributed by atoms with Gasteiger partial charge in [-0.15, -0.1) is 12.6 Å². The topological polar surface area (TPSA) is 155 Å². The molecule has 0 N–H and O–H groups in total. The van der Waals surface area contributed by atoms with Gasteiger partial charge in [-0.3, -0.25) is 4.79 Å². The first-order valence-electron chi connectivity index (χ1n) is 12.2. The molecular weight excluding hydrogens is 679 g/mol. The summed E-state index contributed by atoms with van der Waals surface area (Å²) in [5.41, 5.74) is 0. The third-order valence-corrected chi connectivity index (χ3v) is 13.3. The van der Waals surface area contributed by atoms with Crippen molar-refractivity contribution in [2.75, 3.05) is 19.8 Å². The first kappa shape index (κ1) is 33.3. The SMILES string of the molecule is CCOOC/C(=C1/Sc2c(OC(C)=O)c3c(c(OC(=O)C#N)c2S1)S/C(=C(\S)C(=O)OCC)S3)S(=O)(=O)c1ccccc1. The van der Waals surface area contributed by atoms with Gasteiger partial charge in [-0.25, -0.2) is 27.8 Å². The fourth-order valence-corrected chi connectivity index (χ4v) is 11.1. The van der Waals surface area contributed by atoms with Gasteiger partial charge in [0.2, 0.25) is 9.84 Å². The third kappa shape index (κ3) is 7.23. The molecule has 0 radical (unpaired) electrons. The number of thiol groups is 1. The maximum atomic E-state index is 13.8. The van der Waals surface area contributed by atoms with Crippen molar-refractivity contribution in [3.8, 4) is 17.6 Å². The van der Waals surface area contributed by atoms with Gasteiger partial charge in [0.25, 0.3) is 0 Å². The second-order valence-electron chi connectivity index (χ2n) is 8.03. The highest BCUT2D eigenvalue weighted by molar-refractivity contribution is 8.26. The molecule has 0 bridgehead atoms. The number of thioether (sulfide) groups is 4. The van der Waals surface area contributed by atoms with Gasteiger partial charge < -0.3 is 14.2 Å². The van der Waals surface area contributed by atoms with Crippen molar-refractivity contribution in [1.29, 1.82) is 5.26 Å². The third-order valence-electron chi connectivity index (χ3n) is 5.21. The van der Waals surface area contributed by atoms with Crippen molar-refractivity contribution < 1.29 is 46.8 Å². The van der Waals surface area contributed by atoms with Gasteiger partial charge in [0, 0.05) is 6.92 Å². The predicted molar refractivity (Wildman–Crippen MR) is 163 cm³/mol. The van der Waals surface area contributed by atoms with Crippen molar-refractivity contribution in [1.82, 2.24) is 0 Å². The zero-order valence-electron chi connectivity index (χ0n) is 22.5. The Labute approximate surface area is 269 Å². The molecule has 43 heavy (non-hydrogen) atoms. The standard InChI is InChI=1S/C26H21NO10S6/c1-4-33-24(30)19(38)26-41-21-17(36-13(3)28)20-22(18(23(21)42-26)37-16(29)11-27)40-25(39-20)15(12-35-34-5-2)43(31,32)14-9-7-6-8-10-14/h6-10,38H,4-5,12H2,1-3H3/b25-15+,26-19-. The minimum atomic E-state index is -4.12. The molecule has 0 spiro atoms. The molecule has 0 aliphatic carbocycles. The summed E-state index contributed by atoms with van der Waals surface area (Å²) < 4.78 is 44.2. The molecule has 2 aliphatic heterocycles. The number of nitriles is 1. The van der Waals surface area contributed by atoms with Crippen LogP contribution in [-0.2, 0) is 38.7 Å². The molecule has 226 valence electrons. The second-order valence-corrected chi connectivity index (χ2v) is 15.0. The molecule has 0 saturated carbocycles. The van der Waals surface area contributed by atoms with Gasteiger partial charge in [-0.2, -0.15) is 5.26 Å². The summed E-state index contributed by atoms with van der Waals surface area (Å²) in [5.74, 6) is -2.61. The van der Waals surface area contributed by atoms with Gasteiger partial charge in [-0.05, 0) is 26.0 Å². The van der Waals surface area contributed by atoms with Gasteiger partial charge in [-0.1, -0.05) is 65.2 Å². The minimum Gasteiger partial charge on any atom is -0.462 e. The Kier molecular flexibility index (Phi) is 11.2. The number of hydrogen-bond acceptors (Lipinski definition) is 16. The summed E-state index contributed by atoms with van der Waals surface area (Å²) in [4.78, 5) is 47.9. The molecule has 0 unspecified atom stereocenters. The van der Waals surface area contributed by atoms with Crippen LogP contribution in [0.5, 0.6) is 11.5 Å². The largest absolute Gasteiger partial charge is 0.462 e. The average Bonchev–Trinajstić information content (AvgIpc) is 3.62. The van der Waals surface area contributed by atoms with Crippen LogP contribution >= 0.6 is 59.7 Å². The molecule has 11 nitrogen and oxygen atoms in total. The van der Waals surface area contributed by atoms with Crippen LogP contribution in [0, 0.1) is 11.3 Å². The molecule has 2 aliphatic rings. The van der Waals surface area contributed by atoms with E-state index in [2.05, 4.69) is 12.6 Å². The zero-order valence-corrected chi connectivity index (χ0v) is 27.5. The van der Waals surface area contributed by atoms with E-state index in [4.69, 9.17) is 24.0 Å². The number of nitrogens with zero attached hydrogens (tertiary/aromatic N) is 1. The molecule has 0 aromatic heterocycles. The Balaban J connectivity index is 1.94. The molecule has 0 fully saturated rings. The summed E-state index contributed by atoms with van der Waals surface area (Å²) in [6, 6.07) is 9.11. The fraction of sp³-hybridized carbons (Fsp3) is 0.231. The lowest BCUT2D eigenvalue weighted by Crippen LogP contribution is -2.12. The van der Waals surface area contributed by atoms with Crippen molar-refractivity contribution in [3.63, 3.8) is 0 Å². The first-order valence-corrected chi connectivity index (χ1v) is 17.4. The second kappa shape index (κ2) is 14.5. The molecule has 4 rings (SSSR count). The summed E-state index contributed by atoms with van der Waals surface area (Å²) in [7, 11) is -4.12. The molecule has 2 heterocycles. The monoisotopic (exact) mass is 699 g/mol. The quantitative estimate of drug-likeness (QED) is 0.0470. The molecule has 2 aromatic carbocycles. The van der Waals surface area contributed by atoms with Gasteiger partial charge in [0.1, 0.15) is 11.5 Å². The fourth-order valence-electron chi connectivity index (χ4n) is 3.51. The van der Waals surface area contributed by atoms with Crippen LogP contribution in [-0.4, -0.2) is 46.1 Å². The zero-order chi connectivity index (χ0) is 31.3. The number of sulfone groups is 1. The highest BCUT2D eigenvalue weighted by atomic mass is 32.2. The number of hydrogen-bond donors (Lipinski definition) is 1. The van der Waals surface area contributed by atoms with Crippen molar-refractivity contribution in [3.05, 3.63) is 48.6 Å². The molecular formula is C26H21NO10S6. The number of carbonyl (C=O) groups excluding carboxylic acids is 3. The summed E-state index contributed by atoms with van der Waals surface area (Å²) in [6.45, 7) is 4.33. The lowest BCUT2D eigenvalue weighted by atomic mass is 10.3. The van der Waals surface area contributed by atoms with Gasteiger partial charge in [0.05, 0.1) is 51.1 Å². The molecule has 0 amide bonds. The van der Waals surface area contributed by atoms with E-state index in [1.54, 1.807) is 32.0 Å². The lowest BCUT2D eigenvalue weighted by molar-refractivity contribution is -0.283. The van der Waals surface area contributed by atoms with Gasteiger partial charge >= 0.3 is 17.9 Å². The van der Waals surface area contributed by atoms with Crippen molar-refractivity contribution in [2.45, 2.75) is 45.2 Å². The van der Waals surface area contributed by atoms with Crippen LogP contribution in [0.25, 0.3) is 0 Å². The van der Waals surface area contributed by atoms with E-state index in [1.807, 2.05) is 0 Å². The smallest absolute Gasteiger partial charge is 0.416 e. The Hall–Kier alpha value is -2.56. The molecule has 2 aromatic rings.